The fourth-order valence-electron chi connectivity index (χ4n) is 5.72. The second kappa shape index (κ2) is 7.13. The van der Waals surface area contributed by atoms with E-state index in [-0.39, 0.29) is 53.4 Å². The summed E-state index contributed by atoms with van der Waals surface area (Å²) in [6.45, 7) is 0. The maximum absolute atomic E-state index is 13.0. The van der Waals surface area contributed by atoms with E-state index in [4.69, 9.17) is 23.2 Å². The molecule has 3 fully saturated rings. The molecule has 1 aromatic rings. The van der Waals surface area contributed by atoms with Crippen molar-refractivity contribution in [2.75, 3.05) is 5.32 Å². The molecule has 1 saturated heterocycles. The molecule has 3 aliphatic carbocycles. The first-order chi connectivity index (χ1) is 14.0. The van der Waals surface area contributed by atoms with E-state index in [1.807, 2.05) is 0 Å². The first kappa shape index (κ1) is 19.1. The zero-order valence-corrected chi connectivity index (χ0v) is 17.3. The van der Waals surface area contributed by atoms with Gasteiger partial charge in [0.25, 0.3) is 0 Å². The number of carbonyl (C=O) groups excluding carboxylic acids is 3. The summed E-state index contributed by atoms with van der Waals surface area (Å²) in [6, 6.07) is 5.05. The maximum Gasteiger partial charge on any atom is 0.233 e. The Morgan fingerprint density at radius 3 is 2.21 bits per heavy atom. The summed E-state index contributed by atoms with van der Waals surface area (Å²) >= 11 is 12.2. The Morgan fingerprint density at radius 1 is 0.966 bits per heavy atom. The second-order valence-electron chi connectivity index (χ2n) is 8.64. The molecule has 1 aromatic carbocycles. The number of likely N-dealkylation sites (tertiary alicyclic amines) is 1. The number of rotatable bonds is 3. The number of carbonyl (C=O) groups is 3. The molecular weight excluding hydrogens is 411 g/mol. The fourth-order valence-corrected chi connectivity index (χ4v) is 6.06. The summed E-state index contributed by atoms with van der Waals surface area (Å²) in [4.78, 5) is 40.2. The second-order valence-corrected chi connectivity index (χ2v) is 9.43. The van der Waals surface area contributed by atoms with Crippen LogP contribution < -0.4 is 5.32 Å². The van der Waals surface area contributed by atoms with Gasteiger partial charge in [-0.25, -0.2) is 0 Å². The molecule has 2 saturated carbocycles. The standard InChI is InChI=1S/C22H22Cl2N2O3/c23-15-2-1-3-16(19(15)24)25-20(27)11-6-8-14(9-7-11)26-21(28)17-12-4-5-13(10-12)18(17)22(26)29/h1-5,11-14,17-18H,6-10H2,(H,25,27). The van der Waals surface area contributed by atoms with E-state index in [2.05, 4.69) is 17.5 Å². The smallest absolute Gasteiger partial charge is 0.233 e. The van der Waals surface area contributed by atoms with E-state index < -0.39 is 0 Å². The number of imide groups is 1. The molecule has 2 bridgehead atoms. The van der Waals surface area contributed by atoms with Gasteiger partial charge >= 0.3 is 0 Å². The highest BCUT2D eigenvalue weighted by Gasteiger charge is 2.60. The van der Waals surface area contributed by atoms with Crippen LogP contribution in [-0.2, 0) is 14.4 Å². The van der Waals surface area contributed by atoms with Crippen molar-refractivity contribution in [3.8, 4) is 0 Å². The number of amides is 3. The SMILES string of the molecule is O=C(Nc1cccc(Cl)c1Cl)C1CCC(N2C(=O)C3C4C=CC(C4)C3C2=O)CC1. The number of allylic oxidation sites excluding steroid dienone is 2. The van der Waals surface area contributed by atoms with Gasteiger partial charge in [-0.05, 0) is 56.1 Å². The molecule has 29 heavy (non-hydrogen) atoms. The minimum atomic E-state index is -0.161. The van der Waals surface area contributed by atoms with Crippen molar-refractivity contribution in [2.24, 2.45) is 29.6 Å². The summed E-state index contributed by atoms with van der Waals surface area (Å²) in [5.74, 6) is -0.0674. The van der Waals surface area contributed by atoms with E-state index in [1.54, 1.807) is 23.1 Å². The molecule has 3 amide bonds. The largest absolute Gasteiger partial charge is 0.324 e. The van der Waals surface area contributed by atoms with Gasteiger partial charge in [0.1, 0.15) is 0 Å². The van der Waals surface area contributed by atoms with Crippen LogP contribution in [0.4, 0.5) is 5.69 Å². The molecule has 152 valence electrons. The Kier molecular flexibility index (Phi) is 4.71. The van der Waals surface area contributed by atoms with Crippen LogP contribution in [-0.4, -0.2) is 28.7 Å². The third-order valence-corrected chi connectivity index (χ3v) is 7.97. The summed E-state index contributed by atoms with van der Waals surface area (Å²) in [5.41, 5.74) is 0.506. The number of nitrogens with one attached hydrogen (secondary N) is 1. The molecule has 4 aliphatic rings. The van der Waals surface area contributed by atoms with Crippen molar-refractivity contribution < 1.29 is 14.4 Å². The minimum Gasteiger partial charge on any atom is -0.324 e. The van der Waals surface area contributed by atoms with Crippen molar-refractivity contribution in [2.45, 2.75) is 38.1 Å². The van der Waals surface area contributed by atoms with Crippen molar-refractivity contribution in [3.05, 3.63) is 40.4 Å². The van der Waals surface area contributed by atoms with Crippen molar-refractivity contribution in [1.29, 1.82) is 0 Å². The summed E-state index contributed by atoms with van der Waals surface area (Å²) in [7, 11) is 0. The van der Waals surface area contributed by atoms with E-state index in [9.17, 15) is 14.4 Å². The van der Waals surface area contributed by atoms with Crippen molar-refractivity contribution in [3.63, 3.8) is 0 Å². The highest BCUT2D eigenvalue weighted by Crippen LogP contribution is 2.53. The van der Waals surface area contributed by atoms with Crippen LogP contribution >= 0.6 is 23.2 Å². The Morgan fingerprint density at radius 2 is 1.59 bits per heavy atom. The lowest BCUT2D eigenvalue weighted by Gasteiger charge is -2.33. The lowest BCUT2D eigenvalue weighted by molar-refractivity contribution is -0.144. The predicted molar refractivity (Wildman–Crippen MR) is 110 cm³/mol. The monoisotopic (exact) mass is 432 g/mol. The van der Waals surface area contributed by atoms with Gasteiger partial charge in [-0.1, -0.05) is 41.4 Å². The third-order valence-electron chi connectivity index (χ3n) is 7.15. The molecule has 4 unspecified atom stereocenters. The van der Waals surface area contributed by atoms with Crippen LogP contribution in [0.3, 0.4) is 0 Å². The average Bonchev–Trinajstić information content (AvgIpc) is 3.39. The van der Waals surface area contributed by atoms with E-state index >= 15 is 0 Å². The van der Waals surface area contributed by atoms with Crippen molar-refractivity contribution >= 4 is 46.6 Å². The van der Waals surface area contributed by atoms with Gasteiger partial charge in [-0.3, -0.25) is 19.3 Å². The van der Waals surface area contributed by atoms with Gasteiger partial charge in [0.2, 0.25) is 17.7 Å². The molecule has 0 aromatic heterocycles. The fraction of sp³-hybridized carbons (Fsp3) is 0.500. The molecule has 7 heteroatoms. The number of nitrogens with zero attached hydrogens (tertiary/aromatic N) is 1. The van der Waals surface area contributed by atoms with E-state index in [0.29, 0.717) is 41.4 Å². The topological polar surface area (TPSA) is 66.5 Å². The molecule has 0 spiro atoms. The molecule has 5 rings (SSSR count). The number of fused-ring (bicyclic) bond motifs is 5. The van der Waals surface area contributed by atoms with Crippen LogP contribution in [0.1, 0.15) is 32.1 Å². The Balaban J connectivity index is 1.22. The first-order valence-electron chi connectivity index (χ1n) is 10.3. The third kappa shape index (κ3) is 3.01. The van der Waals surface area contributed by atoms with E-state index in [0.717, 1.165) is 6.42 Å². The summed E-state index contributed by atoms with van der Waals surface area (Å²) < 4.78 is 0. The maximum atomic E-state index is 13.0. The highest BCUT2D eigenvalue weighted by atomic mass is 35.5. The number of benzene rings is 1. The molecule has 1 heterocycles. The van der Waals surface area contributed by atoms with Gasteiger partial charge in [0.05, 0.1) is 27.6 Å². The van der Waals surface area contributed by atoms with Crippen LogP contribution in [0.5, 0.6) is 0 Å². The molecular formula is C22H22Cl2N2O3. The average molecular weight is 433 g/mol. The van der Waals surface area contributed by atoms with E-state index in [1.165, 1.54) is 0 Å². The van der Waals surface area contributed by atoms with Crippen LogP contribution in [0.25, 0.3) is 0 Å². The highest BCUT2D eigenvalue weighted by molar-refractivity contribution is 6.44. The molecule has 5 nitrogen and oxygen atoms in total. The zero-order chi connectivity index (χ0) is 20.3. The number of halogens is 2. The van der Waals surface area contributed by atoms with Gasteiger partial charge < -0.3 is 5.32 Å². The number of hydrogen-bond donors (Lipinski definition) is 1. The Bertz CT molecular complexity index is 893. The minimum absolute atomic E-state index is 0.00969. The molecule has 1 aliphatic heterocycles. The van der Waals surface area contributed by atoms with Gasteiger partial charge in [0, 0.05) is 12.0 Å². The van der Waals surface area contributed by atoms with Gasteiger partial charge in [-0.15, -0.1) is 0 Å². The summed E-state index contributed by atoms with van der Waals surface area (Å²) in [5, 5.41) is 3.59. The van der Waals surface area contributed by atoms with Crippen LogP contribution in [0.15, 0.2) is 30.4 Å². The first-order valence-corrected chi connectivity index (χ1v) is 11.0. The molecule has 0 radical (unpaired) electrons. The summed E-state index contributed by atoms with van der Waals surface area (Å²) in [6.07, 6.45) is 7.80. The zero-order valence-electron chi connectivity index (χ0n) is 15.8. The van der Waals surface area contributed by atoms with Crippen LogP contribution in [0.2, 0.25) is 10.0 Å². The Labute approximate surface area is 179 Å². The normalized spacial score (nSPS) is 35.3. The van der Waals surface area contributed by atoms with Crippen LogP contribution in [0, 0.1) is 29.6 Å². The lowest BCUT2D eigenvalue weighted by atomic mass is 9.84. The van der Waals surface area contributed by atoms with Gasteiger partial charge in [-0.2, -0.15) is 0 Å². The molecule has 4 atom stereocenters. The quantitative estimate of drug-likeness (QED) is 0.571. The lowest BCUT2D eigenvalue weighted by Crippen LogP contribution is -2.44. The molecule has 1 N–H and O–H groups in total. The Hall–Kier alpha value is -1.85. The number of anilines is 1. The number of hydrogen-bond acceptors (Lipinski definition) is 3. The predicted octanol–water partition coefficient (Wildman–Crippen LogP) is 4.30. The van der Waals surface area contributed by atoms with Crippen molar-refractivity contribution in [1.82, 2.24) is 4.90 Å². The van der Waals surface area contributed by atoms with Gasteiger partial charge in [0.15, 0.2) is 0 Å².